The second-order valence-electron chi connectivity index (χ2n) is 5.93. The Kier molecular flexibility index (Phi) is 6.34. The van der Waals surface area contributed by atoms with Crippen molar-refractivity contribution in [1.82, 2.24) is 4.98 Å². The summed E-state index contributed by atoms with van der Waals surface area (Å²) in [5.74, 6) is 0.745. The Morgan fingerprint density at radius 2 is 2.00 bits per heavy atom. The summed E-state index contributed by atoms with van der Waals surface area (Å²) in [6, 6.07) is 15.3. The highest BCUT2D eigenvalue weighted by atomic mass is 32.2. The molecule has 0 aliphatic rings. The lowest BCUT2D eigenvalue weighted by Crippen LogP contribution is -1.95. The molecule has 0 radical (unpaired) electrons. The Morgan fingerprint density at radius 3 is 2.71 bits per heavy atom. The van der Waals surface area contributed by atoms with E-state index in [2.05, 4.69) is 4.98 Å². The highest BCUT2D eigenvalue weighted by molar-refractivity contribution is 7.98. The molecule has 3 aromatic rings. The second kappa shape index (κ2) is 9.10. The van der Waals surface area contributed by atoms with Gasteiger partial charge in [-0.3, -0.25) is 4.79 Å². The summed E-state index contributed by atoms with van der Waals surface area (Å²) in [6.07, 6.45) is 4.83. The number of carbonyl (C=O) groups excluding carboxylic acids is 1. The highest BCUT2D eigenvalue weighted by Crippen LogP contribution is 2.28. The number of benzene rings is 2. The first-order valence-electron chi connectivity index (χ1n) is 8.52. The number of ether oxygens (including phenoxy) is 1. The van der Waals surface area contributed by atoms with Gasteiger partial charge in [-0.1, -0.05) is 18.2 Å². The molecular weight excluding hydrogens is 374 g/mol. The lowest BCUT2D eigenvalue weighted by molar-refractivity contribution is 0.104. The molecule has 0 bridgehead atoms. The van der Waals surface area contributed by atoms with Crippen LogP contribution < -0.4 is 4.74 Å². The fraction of sp³-hybridized carbons (Fsp3) is 0.0909. The van der Waals surface area contributed by atoms with Gasteiger partial charge in [0.25, 0.3) is 0 Å². The van der Waals surface area contributed by atoms with Crippen molar-refractivity contribution < 1.29 is 19.7 Å². The maximum Gasteiger partial charge on any atom is 0.189 e. The number of nitrogens with zero attached hydrogens (tertiary/aromatic N) is 1. The summed E-state index contributed by atoms with van der Waals surface area (Å²) < 4.78 is 5.43. The molecule has 2 aromatic carbocycles. The molecule has 2 N–H and O–H groups in total. The quantitative estimate of drug-likeness (QED) is 0.344. The monoisotopic (exact) mass is 393 g/mol. The molecular formula is C22H19NO4S. The molecule has 0 saturated carbocycles. The van der Waals surface area contributed by atoms with Gasteiger partial charge in [0.1, 0.15) is 17.2 Å². The van der Waals surface area contributed by atoms with Gasteiger partial charge < -0.3 is 14.9 Å². The lowest BCUT2D eigenvalue weighted by Gasteiger charge is -2.09. The third-order valence-corrected chi connectivity index (χ3v) is 4.98. The Labute approximate surface area is 167 Å². The van der Waals surface area contributed by atoms with Crippen LogP contribution >= 0.6 is 11.8 Å². The Morgan fingerprint density at radius 1 is 1.14 bits per heavy atom. The Bertz CT molecular complexity index is 1000. The van der Waals surface area contributed by atoms with Crippen LogP contribution in [0.4, 0.5) is 0 Å². The summed E-state index contributed by atoms with van der Waals surface area (Å²) >= 11 is 1.60. The molecule has 3 rings (SSSR count). The van der Waals surface area contributed by atoms with Gasteiger partial charge in [0.15, 0.2) is 5.78 Å². The van der Waals surface area contributed by atoms with Gasteiger partial charge in [-0.15, -0.1) is 11.8 Å². The van der Waals surface area contributed by atoms with Gasteiger partial charge in [-0.2, -0.15) is 0 Å². The van der Waals surface area contributed by atoms with E-state index in [1.54, 1.807) is 31.1 Å². The van der Waals surface area contributed by atoms with Crippen molar-refractivity contribution in [3.8, 4) is 17.2 Å². The first-order chi connectivity index (χ1) is 13.6. The minimum absolute atomic E-state index is 0.0942. The molecule has 0 spiro atoms. The van der Waals surface area contributed by atoms with Crippen LogP contribution in [0.3, 0.4) is 0 Å². The molecule has 1 heterocycles. The number of hydrogen-bond donors (Lipinski definition) is 2. The van der Waals surface area contributed by atoms with Crippen LogP contribution in [0.1, 0.15) is 21.5 Å². The number of aromatic hydroxyl groups is 2. The molecule has 0 aliphatic carbocycles. The van der Waals surface area contributed by atoms with Crippen LogP contribution in [0.25, 0.3) is 6.08 Å². The number of thioether (sulfide) groups is 1. The van der Waals surface area contributed by atoms with Gasteiger partial charge in [-0.25, -0.2) is 4.98 Å². The third-order valence-electron chi connectivity index (χ3n) is 3.99. The molecule has 142 valence electrons. The zero-order valence-corrected chi connectivity index (χ0v) is 16.0. The van der Waals surface area contributed by atoms with Crippen LogP contribution in [0.5, 0.6) is 17.2 Å². The van der Waals surface area contributed by atoms with Gasteiger partial charge >= 0.3 is 0 Å². The van der Waals surface area contributed by atoms with Crippen LogP contribution in [-0.4, -0.2) is 28.1 Å². The predicted molar refractivity (Wildman–Crippen MR) is 110 cm³/mol. The Hall–Kier alpha value is -3.25. The molecule has 28 heavy (non-hydrogen) atoms. The van der Waals surface area contributed by atoms with Crippen molar-refractivity contribution >= 4 is 23.6 Å². The van der Waals surface area contributed by atoms with E-state index in [9.17, 15) is 15.0 Å². The first-order valence-corrected chi connectivity index (χ1v) is 9.50. The van der Waals surface area contributed by atoms with E-state index in [-0.39, 0.29) is 22.8 Å². The van der Waals surface area contributed by atoms with Crippen LogP contribution in [0.2, 0.25) is 0 Å². The number of allylic oxidation sites excluding steroid dienone is 1. The minimum atomic E-state index is -0.349. The number of methoxy groups -OCH3 is 1. The molecule has 0 unspecified atom stereocenters. The van der Waals surface area contributed by atoms with Crippen molar-refractivity contribution in [3.63, 3.8) is 0 Å². The smallest absolute Gasteiger partial charge is 0.189 e. The number of rotatable bonds is 7. The number of pyridine rings is 1. The molecule has 5 nitrogen and oxygen atoms in total. The van der Waals surface area contributed by atoms with Crippen LogP contribution in [0.15, 0.2) is 71.9 Å². The number of carbonyl (C=O) groups is 1. The number of hydrogen-bond acceptors (Lipinski definition) is 6. The van der Waals surface area contributed by atoms with Crippen molar-refractivity contribution in [2.75, 3.05) is 7.11 Å². The lowest BCUT2D eigenvalue weighted by atomic mass is 10.1. The van der Waals surface area contributed by atoms with Crippen molar-refractivity contribution in [2.24, 2.45) is 0 Å². The van der Waals surface area contributed by atoms with Crippen LogP contribution in [0, 0.1) is 0 Å². The predicted octanol–water partition coefficient (Wildman–Crippen LogP) is 4.69. The van der Waals surface area contributed by atoms with E-state index in [0.717, 1.165) is 28.0 Å². The summed E-state index contributed by atoms with van der Waals surface area (Å²) in [4.78, 5) is 16.6. The van der Waals surface area contributed by atoms with E-state index < -0.39 is 0 Å². The summed E-state index contributed by atoms with van der Waals surface area (Å²) in [5, 5.41) is 20.1. The minimum Gasteiger partial charge on any atom is -0.508 e. The van der Waals surface area contributed by atoms with Gasteiger partial charge in [0, 0.05) is 23.6 Å². The zero-order chi connectivity index (χ0) is 19.9. The number of aromatic nitrogens is 1. The Balaban J connectivity index is 1.76. The van der Waals surface area contributed by atoms with Gasteiger partial charge in [-0.05, 0) is 48.0 Å². The zero-order valence-electron chi connectivity index (χ0n) is 15.2. The summed E-state index contributed by atoms with van der Waals surface area (Å²) in [7, 11) is 1.62. The average molecular weight is 393 g/mol. The van der Waals surface area contributed by atoms with Gasteiger partial charge in [0.2, 0.25) is 0 Å². The van der Waals surface area contributed by atoms with Crippen molar-refractivity contribution in [2.45, 2.75) is 10.8 Å². The van der Waals surface area contributed by atoms with Crippen LogP contribution in [-0.2, 0) is 5.75 Å². The normalized spacial score (nSPS) is 10.9. The van der Waals surface area contributed by atoms with E-state index in [1.807, 2.05) is 36.4 Å². The fourth-order valence-electron chi connectivity index (χ4n) is 2.59. The largest absolute Gasteiger partial charge is 0.508 e. The molecule has 0 amide bonds. The summed E-state index contributed by atoms with van der Waals surface area (Å²) in [5.41, 5.74) is 1.96. The number of phenolic OH excluding ortho intramolecular Hbond substituents is 2. The van der Waals surface area contributed by atoms with Gasteiger partial charge in [0.05, 0.1) is 17.7 Å². The molecule has 0 atom stereocenters. The maximum atomic E-state index is 12.3. The second-order valence-corrected chi connectivity index (χ2v) is 6.92. The first kappa shape index (κ1) is 19.5. The number of phenols is 2. The molecule has 1 aromatic heterocycles. The summed E-state index contributed by atoms with van der Waals surface area (Å²) in [6.45, 7) is 0. The SMILES string of the molecule is COc1ccc(/C=C/C(=O)c2ccc(O)cc2O)cc1CSc1ccccn1. The molecule has 6 heteroatoms. The third kappa shape index (κ3) is 4.92. The van der Waals surface area contributed by atoms with E-state index in [1.165, 1.54) is 18.2 Å². The average Bonchev–Trinajstić information content (AvgIpc) is 2.71. The molecule has 0 saturated heterocycles. The van der Waals surface area contributed by atoms with Crippen molar-refractivity contribution in [1.29, 1.82) is 0 Å². The maximum absolute atomic E-state index is 12.3. The molecule has 0 fully saturated rings. The van der Waals surface area contributed by atoms with E-state index in [0.29, 0.717) is 5.75 Å². The highest BCUT2D eigenvalue weighted by Gasteiger charge is 2.09. The van der Waals surface area contributed by atoms with E-state index in [4.69, 9.17) is 4.74 Å². The van der Waals surface area contributed by atoms with E-state index >= 15 is 0 Å². The molecule has 0 aliphatic heterocycles. The fourth-order valence-corrected chi connectivity index (χ4v) is 3.43. The topological polar surface area (TPSA) is 79.7 Å². The van der Waals surface area contributed by atoms with Crippen molar-refractivity contribution in [3.05, 3.63) is 83.6 Å². The number of ketones is 1. The standard InChI is InChI=1S/C22H19NO4S/c1-27-21-10-6-15(12-16(21)14-28-22-4-2-3-11-23-22)5-9-19(25)18-8-7-17(24)13-20(18)26/h2-13,24,26H,14H2,1H3/b9-5+.